The molecule has 0 radical (unpaired) electrons. The average Bonchev–Trinajstić information content (AvgIpc) is 3.09. The number of hydrogen-bond acceptors (Lipinski definition) is 5. The van der Waals surface area contributed by atoms with Crippen LogP contribution in [0.5, 0.6) is 5.75 Å². The molecule has 4 aromatic rings. The number of thioether (sulfide) groups is 1. The molecule has 136 valence electrons. The maximum absolute atomic E-state index is 11.7. The monoisotopic (exact) mass is 377 g/mol. The van der Waals surface area contributed by atoms with Crippen molar-refractivity contribution >= 4 is 34.1 Å². The number of ketones is 1. The largest absolute Gasteiger partial charge is 0.496 e. The lowest BCUT2D eigenvalue weighted by Crippen LogP contribution is -1.98. The van der Waals surface area contributed by atoms with Crippen molar-refractivity contribution in [1.29, 1.82) is 0 Å². The molecule has 0 N–H and O–H groups in total. The van der Waals surface area contributed by atoms with Gasteiger partial charge in [0.2, 0.25) is 0 Å². The van der Waals surface area contributed by atoms with E-state index in [4.69, 9.17) is 4.74 Å². The van der Waals surface area contributed by atoms with E-state index in [1.165, 1.54) is 10.9 Å². The zero-order valence-electron chi connectivity index (χ0n) is 15.4. The zero-order chi connectivity index (χ0) is 19.0. The van der Waals surface area contributed by atoms with Crippen LogP contribution in [0, 0.1) is 6.92 Å². The fourth-order valence-corrected chi connectivity index (χ4v) is 4.15. The molecule has 0 aliphatic rings. The van der Waals surface area contributed by atoms with Crippen LogP contribution in [0.25, 0.3) is 16.6 Å². The van der Waals surface area contributed by atoms with Gasteiger partial charge in [-0.25, -0.2) is 0 Å². The molecular weight excluding hydrogens is 358 g/mol. The molecule has 0 fully saturated rings. The van der Waals surface area contributed by atoms with Gasteiger partial charge in [0.25, 0.3) is 0 Å². The highest BCUT2D eigenvalue weighted by Crippen LogP contribution is 2.30. The lowest BCUT2D eigenvalue weighted by Gasteiger charge is -2.10. The minimum Gasteiger partial charge on any atom is -0.496 e. The van der Waals surface area contributed by atoms with Crippen molar-refractivity contribution < 1.29 is 9.53 Å². The van der Waals surface area contributed by atoms with Crippen molar-refractivity contribution in [1.82, 2.24) is 14.6 Å². The summed E-state index contributed by atoms with van der Waals surface area (Å²) in [6, 6.07) is 15.8. The molecule has 0 atom stereocenters. The summed E-state index contributed by atoms with van der Waals surface area (Å²) in [5.41, 5.74) is 4.74. The Kier molecular flexibility index (Phi) is 4.58. The molecule has 2 aromatic carbocycles. The third kappa shape index (κ3) is 3.17. The summed E-state index contributed by atoms with van der Waals surface area (Å²) < 4.78 is 7.53. The number of aryl methyl sites for hydroxylation is 1. The number of benzene rings is 2. The maximum atomic E-state index is 11.7. The van der Waals surface area contributed by atoms with Crippen LogP contribution in [0.15, 0.2) is 53.7 Å². The van der Waals surface area contributed by atoms with E-state index in [1.54, 1.807) is 31.9 Å². The van der Waals surface area contributed by atoms with Crippen LogP contribution in [-0.4, -0.2) is 27.5 Å². The topological polar surface area (TPSA) is 56.5 Å². The van der Waals surface area contributed by atoms with Gasteiger partial charge in [-0.1, -0.05) is 30.0 Å². The molecular formula is C21H19N3O2S. The number of fused-ring (bicyclic) bond motifs is 3. The Morgan fingerprint density at radius 1 is 1.15 bits per heavy atom. The van der Waals surface area contributed by atoms with Crippen molar-refractivity contribution in [3.8, 4) is 5.75 Å². The highest BCUT2D eigenvalue weighted by atomic mass is 32.2. The number of Topliss-reactive ketones (excluding diaryl/α,β-unsaturated/α-hetero) is 1. The summed E-state index contributed by atoms with van der Waals surface area (Å²) in [6.45, 7) is 3.65. The molecule has 0 saturated carbocycles. The lowest BCUT2D eigenvalue weighted by atomic mass is 10.1. The third-order valence-corrected chi connectivity index (χ3v) is 5.60. The Hall–Kier alpha value is -2.86. The number of ether oxygens (including phenoxy) is 1. The Labute approximate surface area is 161 Å². The predicted molar refractivity (Wildman–Crippen MR) is 108 cm³/mol. The standard InChI is InChI=1S/C21H19N3O2S/c1-13-10-20-22-23-21(24(20)18-7-5-4-6-17(13)18)27-12-16-11-15(14(2)25)8-9-19(16)26-3/h4-11H,12H2,1-3H3. The van der Waals surface area contributed by atoms with Crippen LogP contribution in [0.3, 0.4) is 0 Å². The smallest absolute Gasteiger partial charge is 0.196 e. The predicted octanol–water partition coefficient (Wildman–Crippen LogP) is 4.69. The second-order valence-electron chi connectivity index (χ2n) is 6.39. The maximum Gasteiger partial charge on any atom is 0.196 e. The molecule has 0 bridgehead atoms. The van der Waals surface area contributed by atoms with E-state index >= 15 is 0 Å². The van der Waals surface area contributed by atoms with Crippen LogP contribution < -0.4 is 4.74 Å². The minimum atomic E-state index is 0.0401. The van der Waals surface area contributed by atoms with Gasteiger partial charge < -0.3 is 4.74 Å². The second-order valence-corrected chi connectivity index (χ2v) is 7.33. The van der Waals surface area contributed by atoms with E-state index in [2.05, 4.69) is 39.7 Å². The normalized spacial score (nSPS) is 11.2. The molecule has 0 saturated heterocycles. The summed E-state index contributed by atoms with van der Waals surface area (Å²) in [6.07, 6.45) is 0. The Morgan fingerprint density at radius 2 is 1.96 bits per heavy atom. The third-order valence-electron chi connectivity index (χ3n) is 4.62. The number of methoxy groups -OCH3 is 1. The molecule has 27 heavy (non-hydrogen) atoms. The number of carbonyl (C=O) groups excluding carboxylic acids is 1. The number of rotatable bonds is 5. The molecule has 2 heterocycles. The van der Waals surface area contributed by atoms with Gasteiger partial charge in [-0.2, -0.15) is 0 Å². The highest BCUT2D eigenvalue weighted by Gasteiger charge is 2.13. The number of aromatic nitrogens is 3. The molecule has 0 aliphatic heterocycles. The molecule has 0 unspecified atom stereocenters. The number of pyridine rings is 1. The SMILES string of the molecule is COc1ccc(C(C)=O)cc1CSc1nnc2cc(C)c3ccccc3n12. The van der Waals surface area contributed by atoms with E-state index in [0.29, 0.717) is 11.3 Å². The van der Waals surface area contributed by atoms with Crippen molar-refractivity contribution in [2.75, 3.05) is 7.11 Å². The van der Waals surface area contributed by atoms with E-state index in [9.17, 15) is 4.79 Å². The van der Waals surface area contributed by atoms with E-state index in [0.717, 1.165) is 27.6 Å². The lowest BCUT2D eigenvalue weighted by molar-refractivity contribution is 0.101. The average molecular weight is 377 g/mol. The van der Waals surface area contributed by atoms with Gasteiger partial charge in [0, 0.05) is 22.3 Å². The first-order chi connectivity index (χ1) is 13.1. The van der Waals surface area contributed by atoms with Gasteiger partial charge in [0.05, 0.1) is 12.6 Å². The Morgan fingerprint density at radius 3 is 2.74 bits per heavy atom. The number of nitrogens with zero attached hydrogens (tertiary/aromatic N) is 3. The van der Waals surface area contributed by atoms with E-state index < -0.39 is 0 Å². The van der Waals surface area contributed by atoms with Gasteiger partial charge in [0.15, 0.2) is 16.6 Å². The van der Waals surface area contributed by atoms with Crippen LogP contribution in [0.1, 0.15) is 28.4 Å². The van der Waals surface area contributed by atoms with Crippen LogP contribution in [0.4, 0.5) is 0 Å². The fraction of sp³-hybridized carbons (Fsp3) is 0.190. The van der Waals surface area contributed by atoms with Crippen LogP contribution in [-0.2, 0) is 5.75 Å². The number of para-hydroxylation sites is 1. The highest BCUT2D eigenvalue weighted by molar-refractivity contribution is 7.98. The molecule has 6 heteroatoms. The Bertz CT molecular complexity index is 1170. The van der Waals surface area contributed by atoms with Gasteiger partial charge in [0.1, 0.15) is 5.75 Å². The fourth-order valence-electron chi connectivity index (χ4n) is 3.22. The van der Waals surface area contributed by atoms with Gasteiger partial charge >= 0.3 is 0 Å². The van der Waals surface area contributed by atoms with Gasteiger partial charge in [-0.15, -0.1) is 10.2 Å². The summed E-state index contributed by atoms with van der Waals surface area (Å²) in [5, 5.41) is 10.7. The molecule has 4 rings (SSSR count). The molecule has 2 aromatic heterocycles. The van der Waals surface area contributed by atoms with Gasteiger partial charge in [-0.05, 0) is 49.7 Å². The zero-order valence-corrected chi connectivity index (χ0v) is 16.2. The van der Waals surface area contributed by atoms with Crippen LogP contribution >= 0.6 is 11.8 Å². The first kappa shape index (κ1) is 17.5. The molecule has 0 amide bonds. The van der Waals surface area contributed by atoms with E-state index in [-0.39, 0.29) is 5.78 Å². The van der Waals surface area contributed by atoms with Crippen molar-refractivity contribution in [2.45, 2.75) is 24.8 Å². The molecule has 0 aliphatic carbocycles. The summed E-state index contributed by atoms with van der Waals surface area (Å²) in [5.74, 6) is 1.44. The first-order valence-corrected chi connectivity index (χ1v) is 9.61. The van der Waals surface area contributed by atoms with Crippen molar-refractivity contribution in [3.05, 3.63) is 65.2 Å². The summed E-state index contributed by atoms with van der Waals surface area (Å²) in [4.78, 5) is 11.7. The van der Waals surface area contributed by atoms with E-state index in [1.807, 2.05) is 24.3 Å². The number of hydrogen-bond donors (Lipinski definition) is 0. The van der Waals surface area contributed by atoms with Crippen molar-refractivity contribution in [3.63, 3.8) is 0 Å². The van der Waals surface area contributed by atoms with Crippen LogP contribution in [0.2, 0.25) is 0 Å². The number of carbonyl (C=O) groups is 1. The quantitative estimate of drug-likeness (QED) is 0.373. The molecule has 5 nitrogen and oxygen atoms in total. The minimum absolute atomic E-state index is 0.0401. The Balaban J connectivity index is 1.74. The molecule has 0 spiro atoms. The van der Waals surface area contributed by atoms with Crippen molar-refractivity contribution in [2.24, 2.45) is 0 Å². The van der Waals surface area contributed by atoms with Gasteiger partial charge in [-0.3, -0.25) is 9.20 Å². The summed E-state index contributed by atoms with van der Waals surface area (Å²) >= 11 is 1.58. The first-order valence-electron chi connectivity index (χ1n) is 8.62. The summed E-state index contributed by atoms with van der Waals surface area (Å²) in [7, 11) is 1.64. The second kappa shape index (κ2) is 7.04.